The minimum atomic E-state index is -0.810. The average molecular weight is 1010 g/mol. The molecular weight excluding hydrogens is 901 g/mol. The van der Waals surface area contributed by atoms with E-state index in [2.05, 4.69) is 167 Å². The Bertz CT molecular complexity index is 1630. The number of rotatable bonds is 51. The van der Waals surface area contributed by atoms with Gasteiger partial charge in [0.2, 0.25) is 0 Å². The van der Waals surface area contributed by atoms with Crippen LogP contribution in [0.1, 0.15) is 239 Å². The van der Waals surface area contributed by atoms with E-state index in [1.165, 1.54) is 32.1 Å². The van der Waals surface area contributed by atoms with Gasteiger partial charge in [0, 0.05) is 19.3 Å². The molecule has 0 rings (SSSR count). The van der Waals surface area contributed by atoms with E-state index < -0.39 is 6.10 Å². The summed E-state index contributed by atoms with van der Waals surface area (Å²) < 4.78 is 16.8. The molecule has 0 aromatic rings. The largest absolute Gasteiger partial charge is 0.462 e. The first-order valence-corrected chi connectivity index (χ1v) is 29.3. The van der Waals surface area contributed by atoms with Gasteiger partial charge in [-0.15, -0.1) is 0 Å². The van der Waals surface area contributed by atoms with Crippen molar-refractivity contribution in [3.63, 3.8) is 0 Å². The number of unbranched alkanes of at least 4 members (excludes halogenated alkanes) is 16. The predicted molar refractivity (Wildman–Crippen MR) is 315 cm³/mol. The molecule has 0 aliphatic rings. The highest BCUT2D eigenvalue weighted by Gasteiger charge is 2.19. The summed E-state index contributed by atoms with van der Waals surface area (Å²) >= 11 is 0. The van der Waals surface area contributed by atoms with Gasteiger partial charge in [-0.1, -0.05) is 231 Å². The van der Waals surface area contributed by atoms with Gasteiger partial charge < -0.3 is 14.2 Å². The Balaban J connectivity index is 4.47. The first-order chi connectivity index (χ1) is 36.0. The molecule has 0 saturated heterocycles. The molecule has 1 atom stereocenters. The number of esters is 3. The molecule has 1 unspecified atom stereocenters. The molecular formula is C67H106O6. The minimum Gasteiger partial charge on any atom is -0.462 e. The van der Waals surface area contributed by atoms with Crippen LogP contribution < -0.4 is 0 Å². The van der Waals surface area contributed by atoms with E-state index in [1.54, 1.807) is 0 Å². The highest BCUT2D eigenvalue weighted by Crippen LogP contribution is 2.14. The summed E-state index contributed by atoms with van der Waals surface area (Å²) in [4.78, 5) is 38.2. The standard InChI is InChI=1S/C67H106O6/c1-4-7-10-13-16-19-22-25-27-29-31-33-35-37-39-42-45-48-51-54-57-60-66(69)72-63-64(62-71-65(68)59-56-53-50-47-44-41-24-21-18-15-12-9-6-3)73-67(70)61-58-55-52-49-46-43-40-38-36-34-32-30-28-26-23-20-17-14-11-8-5-2/h7-12,16-21,25-28,31-34,37,39,41,44,64H,4-6,13-15,22-24,29-30,35-36,38,40,42-43,45-63H2,1-3H3/b10-7-,11-8-,12-9-,19-16-,20-17-,21-18-,27-25-,28-26-,33-31-,34-32-,39-37-,44-41-. The van der Waals surface area contributed by atoms with E-state index in [4.69, 9.17) is 14.2 Å². The van der Waals surface area contributed by atoms with Gasteiger partial charge in [-0.2, -0.15) is 0 Å². The van der Waals surface area contributed by atoms with Gasteiger partial charge in [0.1, 0.15) is 13.2 Å². The van der Waals surface area contributed by atoms with Crippen molar-refractivity contribution < 1.29 is 28.6 Å². The van der Waals surface area contributed by atoms with Crippen LogP contribution in [0.5, 0.6) is 0 Å². The summed E-state index contributed by atoms with van der Waals surface area (Å²) in [7, 11) is 0. The summed E-state index contributed by atoms with van der Waals surface area (Å²) in [6.45, 7) is 6.24. The van der Waals surface area contributed by atoms with Crippen molar-refractivity contribution in [2.24, 2.45) is 0 Å². The van der Waals surface area contributed by atoms with Crippen molar-refractivity contribution in [3.8, 4) is 0 Å². The average Bonchev–Trinajstić information content (AvgIpc) is 3.39. The molecule has 0 heterocycles. The van der Waals surface area contributed by atoms with Crippen molar-refractivity contribution in [3.05, 3.63) is 146 Å². The third-order valence-corrected chi connectivity index (χ3v) is 11.8. The summed E-state index contributed by atoms with van der Waals surface area (Å²) in [5.41, 5.74) is 0. The van der Waals surface area contributed by atoms with Gasteiger partial charge in [0.15, 0.2) is 6.10 Å². The van der Waals surface area contributed by atoms with E-state index in [0.29, 0.717) is 19.3 Å². The number of carbonyl (C=O) groups excluding carboxylic acids is 3. The normalized spacial score (nSPS) is 13.2. The fraction of sp³-hybridized carbons (Fsp3) is 0.597. The molecule has 0 fully saturated rings. The zero-order valence-electron chi connectivity index (χ0n) is 46.8. The molecule has 0 aromatic heterocycles. The molecule has 73 heavy (non-hydrogen) atoms. The van der Waals surface area contributed by atoms with Crippen LogP contribution in [0, 0.1) is 0 Å². The third kappa shape index (κ3) is 58.1. The van der Waals surface area contributed by atoms with Crippen molar-refractivity contribution >= 4 is 17.9 Å². The topological polar surface area (TPSA) is 78.9 Å². The molecule has 0 aromatic carbocycles. The Morgan fingerprint density at radius 1 is 0.274 bits per heavy atom. The fourth-order valence-electron chi connectivity index (χ4n) is 7.53. The molecule has 6 nitrogen and oxygen atoms in total. The highest BCUT2D eigenvalue weighted by molar-refractivity contribution is 5.71. The molecule has 0 aliphatic carbocycles. The van der Waals surface area contributed by atoms with Crippen LogP contribution in [0.15, 0.2) is 146 Å². The number of carbonyl (C=O) groups is 3. The first kappa shape index (κ1) is 68.3. The van der Waals surface area contributed by atoms with Crippen LogP contribution in [0.4, 0.5) is 0 Å². The molecule has 0 saturated carbocycles. The Kier molecular flexibility index (Phi) is 56.0. The van der Waals surface area contributed by atoms with Crippen molar-refractivity contribution in [1.29, 1.82) is 0 Å². The molecule has 0 spiro atoms. The highest BCUT2D eigenvalue weighted by atomic mass is 16.6. The molecule has 0 aliphatic heterocycles. The number of allylic oxidation sites excluding steroid dienone is 24. The zero-order chi connectivity index (χ0) is 52.9. The second-order valence-corrected chi connectivity index (χ2v) is 18.8. The lowest BCUT2D eigenvalue weighted by atomic mass is 10.1. The fourth-order valence-corrected chi connectivity index (χ4v) is 7.53. The number of hydrogen-bond donors (Lipinski definition) is 0. The van der Waals surface area contributed by atoms with Crippen LogP contribution >= 0.6 is 0 Å². The molecule has 0 N–H and O–H groups in total. The maximum absolute atomic E-state index is 12.9. The van der Waals surface area contributed by atoms with Crippen LogP contribution in [-0.4, -0.2) is 37.2 Å². The van der Waals surface area contributed by atoms with Crippen LogP contribution in [-0.2, 0) is 28.6 Å². The third-order valence-electron chi connectivity index (χ3n) is 11.8. The maximum Gasteiger partial charge on any atom is 0.306 e. The zero-order valence-corrected chi connectivity index (χ0v) is 46.8. The lowest BCUT2D eigenvalue weighted by molar-refractivity contribution is -0.167. The second-order valence-electron chi connectivity index (χ2n) is 18.8. The van der Waals surface area contributed by atoms with E-state index in [-0.39, 0.29) is 31.1 Å². The SMILES string of the molecule is CC/C=C\C/C=C\C/C=C\C/C=C\C/C=C\CCCCCCCC(=O)OCC(COC(=O)CCCCC/C=C\C/C=C\C/C=C\CC)OC(=O)CCCCCCCCCC/C=C\C/C=C\C/C=C\C/C=C\CC. The summed E-state index contributed by atoms with van der Waals surface area (Å²) in [6.07, 6.45) is 85.5. The number of ether oxygens (including phenoxy) is 3. The van der Waals surface area contributed by atoms with Gasteiger partial charge in [-0.3, -0.25) is 14.4 Å². The van der Waals surface area contributed by atoms with Gasteiger partial charge in [0.05, 0.1) is 0 Å². The molecule has 0 radical (unpaired) electrons. The smallest absolute Gasteiger partial charge is 0.306 e. The summed E-state index contributed by atoms with van der Waals surface area (Å²) in [6, 6.07) is 0. The van der Waals surface area contributed by atoms with Gasteiger partial charge in [-0.05, 0) is 135 Å². The van der Waals surface area contributed by atoms with Crippen LogP contribution in [0.3, 0.4) is 0 Å². The lowest BCUT2D eigenvalue weighted by Gasteiger charge is -2.18. The van der Waals surface area contributed by atoms with E-state index in [1.807, 2.05) is 0 Å². The minimum absolute atomic E-state index is 0.107. The van der Waals surface area contributed by atoms with E-state index in [9.17, 15) is 14.4 Å². The van der Waals surface area contributed by atoms with Crippen molar-refractivity contribution in [2.45, 2.75) is 245 Å². The molecule has 0 amide bonds. The quantitative estimate of drug-likeness (QED) is 0.0261. The van der Waals surface area contributed by atoms with Gasteiger partial charge in [-0.25, -0.2) is 0 Å². The van der Waals surface area contributed by atoms with Gasteiger partial charge in [0.25, 0.3) is 0 Å². The molecule has 0 bridgehead atoms. The number of hydrogen-bond acceptors (Lipinski definition) is 6. The van der Waals surface area contributed by atoms with Crippen LogP contribution in [0.2, 0.25) is 0 Å². The van der Waals surface area contributed by atoms with Gasteiger partial charge >= 0.3 is 17.9 Å². The van der Waals surface area contributed by atoms with Crippen molar-refractivity contribution in [1.82, 2.24) is 0 Å². The Labute approximate surface area is 448 Å². The predicted octanol–water partition coefficient (Wildman–Crippen LogP) is 20.0. The molecule has 410 valence electrons. The van der Waals surface area contributed by atoms with E-state index >= 15 is 0 Å². The Morgan fingerprint density at radius 2 is 0.493 bits per heavy atom. The second kappa shape index (κ2) is 59.8. The molecule has 6 heteroatoms. The monoisotopic (exact) mass is 1010 g/mol. The Morgan fingerprint density at radius 3 is 0.781 bits per heavy atom. The van der Waals surface area contributed by atoms with Crippen molar-refractivity contribution in [2.75, 3.05) is 13.2 Å². The van der Waals surface area contributed by atoms with E-state index in [0.717, 1.165) is 167 Å². The summed E-state index contributed by atoms with van der Waals surface area (Å²) in [5, 5.41) is 0. The maximum atomic E-state index is 12.9. The lowest BCUT2D eigenvalue weighted by Crippen LogP contribution is -2.30. The first-order valence-electron chi connectivity index (χ1n) is 29.3. The summed E-state index contributed by atoms with van der Waals surface area (Å²) in [5.74, 6) is -0.967. The Hall–Kier alpha value is -4.71. The van der Waals surface area contributed by atoms with Crippen LogP contribution in [0.25, 0.3) is 0 Å².